The summed E-state index contributed by atoms with van der Waals surface area (Å²) >= 11 is 0. The van der Waals surface area contributed by atoms with Crippen LogP contribution in [0.15, 0.2) is 125 Å². The molecule has 5 atom stereocenters. The molecule has 9 rings (SSSR count). The Bertz CT molecular complexity index is 1970. The third kappa shape index (κ3) is 4.61. The third-order valence-electron chi connectivity index (χ3n) is 10.7. The van der Waals surface area contributed by atoms with E-state index >= 15 is 0 Å². The van der Waals surface area contributed by atoms with Crippen LogP contribution in [0.25, 0.3) is 27.9 Å². The number of fused-ring (bicyclic) bond motifs is 5. The van der Waals surface area contributed by atoms with Gasteiger partial charge in [0.25, 0.3) is 0 Å². The molecule has 5 aliphatic carbocycles. The van der Waals surface area contributed by atoms with Crippen molar-refractivity contribution in [2.45, 2.75) is 56.8 Å². The van der Waals surface area contributed by atoms with E-state index < -0.39 is 0 Å². The molecule has 4 nitrogen and oxygen atoms in total. The minimum absolute atomic E-state index is 0.0402. The number of para-hydroxylation sites is 1. The molecular formula is C41H37N3O. The summed E-state index contributed by atoms with van der Waals surface area (Å²) in [5.41, 5.74) is 7.60. The highest BCUT2D eigenvalue weighted by atomic mass is 16.3. The first-order valence-corrected chi connectivity index (χ1v) is 16.8. The van der Waals surface area contributed by atoms with Crippen LogP contribution in [-0.2, 0) is 0 Å². The van der Waals surface area contributed by atoms with Gasteiger partial charge in [-0.15, -0.1) is 0 Å². The molecular weight excluding hydrogens is 550 g/mol. The highest BCUT2D eigenvalue weighted by molar-refractivity contribution is 5.84. The van der Waals surface area contributed by atoms with Crippen molar-refractivity contribution < 1.29 is 4.42 Å². The van der Waals surface area contributed by atoms with E-state index in [1.165, 1.54) is 41.4 Å². The van der Waals surface area contributed by atoms with Gasteiger partial charge in [-0.2, -0.15) is 0 Å². The number of furan rings is 1. The number of rotatable bonds is 4. The van der Waals surface area contributed by atoms with Crippen LogP contribution >= 0.6 is 0 Å². The molecule has 0 saturated heterocycles. The van der Waals surface area contributed by atoms with Crippen molar-refractivity contribution in [1.29, 1.82) is 0 Å². The molecule has 0 spiro atoms. The minimum atomic E-state index is 0.0402. The van der Waals surface area contributed by atoms with Crippen LogP contribution in [0, 0.1) is 17.8 Å². The topological polar surface area (TPSA) is 51.8 Å². The summed E-state index contributed by atoms with van der Waals surface area (Å²) in [7, 11) is 0. The van der Waals surface area contributed by atoms with Crippen molar-refractivity contribution >= 4 is 16.5 Å². The summed E-state index contributed by atoms with van der Waals surface area (Å²) in [4.78, 5) is 15.9. The molecule has 222 valence electrons. The maximum atomic E-state index is 6.74. The molecule has 0 radical (unpaired) electrons. The average Bonchev–Trinajstić information content (AvgIpc) is 3.51. The Morgan fingerprint density at radius 2 is 1.51 bits per heavy atom. The lowest BCUT2D eigenvalue weighted by atomic mass is 9.69. The molecule has 0 amide bonds. The number of aromatic nitrogens is 3. The first-order valence-electron chi connectivity index (χ1n) is 16.8. The molecule has 0 saturated carbocycles. The fourth-order valence-corrected chi connectivity index (χ4v) is 8.53. The van der Waals surface area contributed by atoms with Gasteiger partial charge >= 0.3 is 0 Å². The Hall–Kier alpha value is -4.57. The normalized spacial score (nSPS) is 26.8. The van der Waals surface area contributed by atoms with Crippen molar-refractivity contribution in [3.05, 3.63) is 143 Å². The number of allylic oxidation sites excluding steroid dienone is 12. The number of hydrogen-bond acceptors (Lipinski definition) is 4. The van der Waals surface area contributed by atoms with E-state index in [0.717, 1.165) is 60.1 Å². The predicted molar refractivity (Wildman–Crippen MR) is 180 cm³/mol. The van der Waals surface area contributed by atoms with E-state index in [2.05, 4.69) is 109 Å². The second-order valence-corrected chi connectivity index (χ2v) is 13.2. The lowest BCUT2D eigenvalue weighted by Crippen LogP contribution is -2.25. The quantitative estimate of drug-likeness (QED) is 0.238. The Balaban J connectivity index is 1.22. The highest BCUT2D eigenvalue weighted by Gasteiger charge is 2.39. The van der Waals surface area contributed by atoms with Gasteiger partial charge < -0.3 is 4.42 Å². The zero-order valence-corrected chi connectivity index (χ0v) is 25.5. The molecule has 4 aromatic rings. The molecule has 45 heavy (non-hydrogen) atoms. The van der Waals surface area contributed by atoms with Gasteiger partial charge in [-0.25, -0.2) is 15.0 Å². The summed E-state index contributed by atoms with van der Waals surface area (Å²) < 4.78 is 6.74. The molecule has 4 heteroatoms. The summed E-state index contributed by atoms with van der Waals surface area (Å²) in [6, 6.07) is 19.0. The van der Waals surface area contributed by atoms with Crippen molar-refractivity contribution in [1.82, 2.24) is 15.0 Å². The number of nitrogens with zero attached hydrogens (tertiary/aromatic N) is 3. The van der Waals surface area contributed by atoms with Crippen LogP contribution in [0.4, 0.5) is 0 Å². The molecule has 5 aliphatic rings. The van der Waals surface area contributed by atoms with E-state index in [9.17, 15) is 0 Å². The van der Waals surface area contributed by atoms with Crippen molar-refractivity contribution in [2.75, 3.05) is 0 Å². The molecule has 0 fully saturated rings. The van der Waals surface area contributed by atoms with Crippen LogP contribution < -0.4 is 0 Å². The zero-order chi connectivity index (χ0) is 29.7. The predicted octanol–water partition coefficient (Wildman–Crippen LogP) is 10.1. The number of benzene rings is 2. The Morgan fingerprint density at radius 1 is 0.711 bits per heavy atom. The van der Waals surface area contributed by atoms with Crippen molar-refractivity contribution in [3.8, 4) is 11.4 Å². The van der Waals surface area contributed by atoms with E-state index in [-0.39, 0.29) is 11.8 Å². The monoisotopic (exact) mass is 587 g/mol. The van der Waals surface area contributed by atoms with Gasteiger partial charge in [0, 0.05) is 45.8 Å². The molecule has 2 aromatic carbocycles. The van der Waals surface area contributed by atoms with E-state index in [4.69, 9.17) is 19.4 Å². The highest BCUT2D eigenvalue weighted by Crippen LogP contribution is 2.51. The first kappa shape index (κ1) is 26.8. The van der Waals surface area contributed by atoms with Crippen LogP contribution in [0.1, 0.15) is 79.8 Å². The maximum Gasteiger partial charge on any atom is 0.163 e. The SMILES string of the molecule is C1=CCC(C2CCC(c3nc(C4=CC5=C(CCCC5)C5C=CC=CC45)nc(-c4ccccc4)n3)c3c2oc2ccccc32)C=C1. The summed E-state index contributed by atoms with van der Waals surface area (Å²) in [5, 5.41) is 1.19. The Labute approximate surface area is 264 Å². The Kier molecular flexibility index (Phi) is 6.61. The van der Waals surface area contributed by atoms with Gasteiger partial charge in [0.15, 0.2) is 11.6 Å². The van der Waals surface area contributed by atoms with Crippen LogP contribution in [0.5, 0.6) is 0 Å². The second kappa shape index (κ2) is 11.1. The molecule has 0 bridgehead atoms. The van der Waals surface area contributed by atoms with Gasteiger partial charge in [-0.3, -0.25) is 0 Å². The second-order valence-electron chi connectivity index (χ2n) is 13.2. The smallest absolute Gasteiger partial charge is 0.163 e. The lowest BCUT2D eigenvalue weighted by Gasteiger charge is -2.36. The van der Waals surface area contributed by atoms with Gasteiger partial charge in [0.2, 0.25) is 0 Å². The van der Waals surface area contributed by atoms with Gasteiger partial charge in [0.05, 0.1) is 0 Å². The van der Waals surface area contributed by atoms with Crippen LogP contribution in [-0.4, -0.2) is 15.0 Å². The van der Waals surface area contributed by atoms with Crippen LogP contribution in [0.3, 0.4) is 0 Å². The Morgan fingerprint density at radius 3 is 2.40 bits per heavy atom. The molecule has 2 aromatic heterocycles. The third-order valence-corrected chi connectivity index (χ3v) is 10.7. The van der Waals surface area contributed by atoms with Crippen molar-refractivity contribution in [3.63, 3.8) is 0 Å². The molecule has 2 heterocycles. The van der Waals surface area contributed by atoms with E-state index in [1.807, 2.05) is 0 Å². The molecule has 5 unspecified atom stereocenters. The largest absolute Gasteiger partial charge is 0.460 e. The minimum Gasteiger partial charge on any atom is -0.460 e. The first-order chi connectivity index (χ1) is 22.3. The molecule has 0 N–H and O–H groups in total. The van der Waals surface area contributed by atoms with E-state index in [1.54, 1.807) is 5.57 Å². The number of hydrogen-bond donors (Lipinski definition) is 0. The van der Waals surface area contributed by atoms with Crippen LogP contribution in [0.2, 0.25) is 0 Å². The molecule has 0 aliphatic heterocycles. The van der Waals surface area contributed by atoms with Gasteiger partial charge in [-0.05, 0) is 62.5 Å². The standard InChI is InChI=1S/C41H37N3O/c1-3-13-26(14-4-1)30-23-24-34(37-33-21-11-12-22-36(33)45-38(30)37)40-42-39(27-15-5-2-6-16-27)43-41(44-40)35-25-28-17-7-8-18-29(28)31-19-9-10-20-32(31)35/h1-6,9-13,15-16,19-22,25-26,30-32,34H,7-8,14,17-18,23-24H2. The fourth-order valence-electron chi connectivity index (χ4n) is 8.53. The summed E-state index contributed by atoms with van der Waals surface area (Å²) in [6.07, 6.45) is 28.6. The van der Waals surface area contributed by atoms with E-state index in [0.29, 0.717) is 17.8 Å². The summed E-state index contributed by atoms with van der Waals surface area (Å²) in [6.45, 7) is 0. The average molecular weight is 588 g/mol. The lowest BCUT2D eigenvalue weighted by molar-refractivity contribution is 0.354. The maximum absolute atomic E-state index is 6.74. The zero-order valence-electron chi connectivity index (χ0n) is 25.5. The fraction of sp³-hybridized carbons (Fsp3) is 0.293. The van der Waals surface area contributed by atoms with Gasteiger partial charge in [0.1, 0.15) is 17.2 Å². The van der Waals surface area contributed by atoms with Crippen molar-refractivity contribution in [2.24, 2.45) is 17.8 Å². The van der Waals surface area contributed by atoms with Gasteiger partial charge in [-0.1, -0.05) is 109 Å². The summed E-state index contributed by atoms with van der Waals surface area (Å²) in [5.74, 6) is 5.02.